The minimum atomic E-state index is -1.23. The zero-order valence-electron chi connectivity index (χ0n) is 13.4. The van der Waals surface area contributed by atoms with Gasteiger partial charge < -0.3 is 15.9 Å². The minimum Gasteiger partial charge on any atom is -0.478 e. The standard InChI is InChI=1S/C9H8N2.C9H9NO4/c1-2-4-8(5-3-1)9-6-7-10-11-9;1-4-2-5(8(11)12)3-6(7(4)10)9(13)14/h1-7H,(H,10,11);2-3H,10H2,1H3,(H,11,12)(H,13,14). The Morgan fingerprint density at radius 2 is 1.72 bits per heavy atom. The van der Waals surface area contributed by atoms with Crippen molar-refractivity contribution >= 4 is 17.6 Å². The van der Waals surface area contributed by atoms with Crippen LogP contribution in [0, 0.1) is 6.92 Å². The third-order valence-corrected chi connectivity index (χ3v) is 3.45. The molecule has 3 rings (SSSR count). The first-order valence-electron chi connectivity index (χ1n) is 7.31. The predicted octanol–water partition coefficient (Wildman–Crippen LogP) is 3.05. The van der Waals surface area contributed by atoms with E-state index >= 15 is 0 Å². The van der Waals surface area contributed by atoms with Gasteiger partial charge in [-0.15, -0.1) is 0 Å². The van der Waals surface area contributed by atoms with E-state index < -0.39 is 11.9 Å². The van der Waals surface area contributed by atoms with Gasteiger partial charge in [-0.2, -0.15) is 5.10 Å². The van der Waals surface area contributed by atoms with Crippen molar-refractivity contribution in [1.82, 2.24) is 10.2 Å². The van der Waals surface area contributed by atoms with Crippen molar-refractivity contribution < 1.29 is 19.8 Å². The number of hydrogen-bond acceptors (Lipinski definition) is 4. The molecule has 7 nitrogen and oxygen atoms in total. The Bertz CT molecular complexity index is 875. The molecule has 0 unspecified atom stereocenters. The molecule has 25 heavy (non-hydrogen) atoms. The topological polar surface area (TPSA) is 129 Å². The maximum absolute atomic E-state index is 10.7. The van der Waals surface area contributed by atoms with E-state index in [2.05, 4.69) is 10.2 Å². The molecule has 1 aromatic heterocycles. The van der Waals surface area contributed by atoms with Crippen molar-refractivity contribution in [3.8, 4) is 11.3 Å². The van der Waals surface area contributed by atoms with Gasteiger partial charge in [-0.3, -0.25) is 5.10 Å². The number of rotatable bonds is 3. The Morgan fingerprint density at radius 3 is 2.24 bits per heavy atom. The van der Waals surface area contributed by atoms with Crippen molar-refractivity contribution in [1.29, 1.82) is 0 Å². The van der Waals surface area contributed by atoms with Crippen molar-refractivity contribution in [2.24, 2.45) is 0 Å². The number of aromatic nitrogens is 2. The molecule has 0 aliphatic rings. The first-order valence-corrected chi connectivity index (χ1v) is 7.31. The van der Waals surface area contributed by atoms with Crippen molar-refractivity contribution in [2.45, 2.75) is 6.92 Å². The van der Waals surface area contributed by atoms with E-state index in [9.17, 15) is 9.59 Å². The summed E-state index contributed by atoms with van der Waals surface area (Å²) in [6.07, 6.45) is 1.75. The first kappa shape index (κ1) is 17.7. The van der Waals surface area contributed by atoms with Crippen LogP contribution in [0.1, 0.15) is 26.3 Å². The van der Waals surface area contributed by atoms with Gasteiger partial charge in [0.05, 0.1) is 16.8 Å². The maximum Gasteiger partial charge on any atom is 0.337 e. The van der Waals surface area contributed by atoms with Gasteiger partial charge in [0.2, 0.25) is 0 Å². The molecule has 0 fully saturated rings. The molecule has 5 N–H and O–H groups in total. The third-order valence-electron chi connectivity index (χ3n) is 3.45. The predicted molar refractivity (Wildman–Crippen MR) is 93.5 cm³/mol. The van der Waals surface area contributed by atoms with E-state index in [0.29, 0.717) is 5.56 Å². The second-order valence-electron chi connectivity index (χ2n) is 5.20. The quantitative estimate of drug-likeness (QED) is 0.543. The lowest BCUT2D eigenvalue weighted by molar-refractivity contribution is 0.0696. The monoisotopic (exact) mass is 339 g/mol. The zero-order valence-corrected chi connectivity index (χ0v) is 13.4. The highest BCUT2D eigenvalue weighted by atomic mass is 16.4. The fourth-order valence-corrected chi connectivity index (χ4v) is 2.13. The molecule has 2 aromatic carbocycles. The number of aromatic amines is 1. The van der Waals surface area contributed by atoms with Crippen LogP contribution in [0.5, 0.6) is 0 Å². The van der Waals surface area contributed by atoms with Gasteiger partial charge in [0.25, 0.3) is 0 Å². The number of aromatic carboxylic acids is 2. The van der Waals surface area contributed by atoms with Crippen molar-refractivity contribution in [2.75, 3.05) is 5.73 Å². The molecule has 0 saturated carbocycles. The Hall–Kier alpha value is -3.61. The molecule has 0 aliphatic heterocycles. The number of hydrogen-bond donors (Lipinski definition) is 4. The van der Waals surface area contributed by atoms with E-state index in [0.717, 1.165) is 11.8 Å². The summed E-state index contributed by atoms with van der Waals surface area (Å²) in [6, 6.07) is 14.5. The van der Waals surface area contributed by atoms with E-state index in [4.69, 9.17) is 15.9 Å². The van der Waals surface area contributed by atoms with E-state index in [-0.39, 0.29) is 16.8 Å². The number of carboxylic acid groups (broad SMARTS) is 2. The van der Waals surface area contributed by atoms with Crippen LogP contribution in [-0.4, -0.2) is 32.3 Å². The molecule has 128 valence electrons. The molecular weight excluding hydrogens is 322 g/mol. The third kappa shape index (κ3) is 4.44. The number of carbonyl (C=O) groups is 2. The van der Waals surface area contributed by atoms with E-state index in [1.807, 2.05) is 36.4 Å². The zero-order chi connectivity index (χ0) is 18.4. The maximum atomic E-state index is 10.7. The summed E-state index contributed by atoms with van der Waals surface area (Å²) in [5, 5.41) is 24.2. The highest BCUT2D eigenvalue weighted by molar-refractivity contribution is 5.98. The summed E-state index contributed by atoms with van der Waals surface area (Å²) >= 11 is 0. The smallest absolute Gasteiger partial charge is 0.337 e. The number of H-pyrrole nitrogens is 1. The lowest BCUT2D eigenvalue weighted by Gasteiger charge is -2.05. The molecule has 7 heteroatoms. The summed E-state index contributed by atoms with van der Waals surface area (Å²) in [4.78, 5) is 21.3. The lowest BCUT2D eigenvalue weighted by atomic mass is 10.0. The number of nitrogens with two attached hydrogens (primary N) is 1. The van der Waals surface area contributed by atoms with Gasteiger partial charge in [-0.1, -0.05) is 30.3 Å². The summed E-state index contributed by atoms with van der Waals surface area (Å²) in [5.74, 6) is -2.40. The molecule has 0 aliphatic carbocycles. The van der Waals surface area contributed by atoms with Crippen LogP contribution in [0.2, 0.25) is 0 Å². The highest BCUT2D eigenvalue weighted by Crippen LogP contribution is 2.19. The Labute approximate surface area is 143 Å². The largest absolute Gasteiger partial charge is 0.478 e. The number of aryl methyl sites for hydroxylation is 1. The van der Waals surface area contributed by atoms with Crippen LogP contribution in [0.4, 0.5) is 5.69 Å². The second-order valence-corrected chi connectivity index (χ2v) is 5.20. The van der Waals surface area contributed by atoms with Gasteiger partial charge in [0.1, 0.15) is 0 Å². The van der Waals surface area contributed by atoms with Crippen LogP contribution >= 0.6 is 0 Å². The first-order chi connectivity index (χ1) is 11.9. The molecule has 0 spiro atoms. The van der Waals surface area contributed by atoms with Crippen molar-refractivity contribution in [3.05, 3.63) is 71.4 Å². The summed E-state index contributed by atoms with van der Waals surface area (Å²) in [6.45, 7) is 1.56. The minimum absolute atomic E-state index is 0.0749. The van der Waals surface area contributed by atoms with Gasteiger partial charge >= 0.3 is 11.9 Å². The summed E-state index contributed by atoms with van der Waals surface area (Å²) < 4.78 is 0. The van der Waals surface area contributed by atoms with Crippen LogP contribution in [0.25, 0.3) is 11.3 Å². The average molecular weight is 339 g/mol. The van der Waals surface area contributed by atoms with Gasteiger partial charge in [-0.05, 0) is 36.2 Å². The number of nitrogen functional groups attached to an aromatic ring is 1. The molecule has 0 amide bonds. The molecular formula is C18H17N3O4. The van der Waals surface area contributed by atoms with E-state index in [1.54, 1.807) is 13.1 Å². The Balaban J connectivity index is 0.000000185. The molecule has 1 heterocycles. The second kappa shape index (κ2) is 7.78. The molecule has 3 aromatic rings. The number of nitrogens with one attached hydrogen (secondary N) is 1. The van der Waals surface area contributed by atoms with Crippen LogP contribution in [0.3, 0.4) is 0 Å². The number of nitrogens with zero attached hydrogens (tertiary/aromatic N) is 1. The fraction of sp³-hybridized carbons (Fsp3) is 0.0556. The number of benzene rings is 2. The Morgan fingerprint density at radius 1 is 1.04 bits per heavy atom. The van der Waals surface area contributed by atoms with Gasteiger partial charge in [-0.25, -0.2) is 9.59 Å². The molecule has 0 radical (unpaired) electrons. The summed E-state index contributed by atoms with van der Waals surface area (Å²) in [5.41, 5.74) is 8.00. The van der Waals surface area contributed by atoms with Crippen LogP contribution < -0.4 is 5.73 Å². The fourth-order valence-electron chi connectivity index (χ4n) is 2.13. The van der Waals surface area contributed by atoms with E-state index in [1.165, 1.54) is 11.6 Å². The van der Waals surface area contributed by atoms with Gasteiger partial charge in [0.15, 0.2) is 0 Å². The SMILES string of the molecule is Cc1cc(C(=O)O)cc(C(=O)O)c1N.c1ccc(-c2ccn[nH]2)cc1. The average Bonchev–Trinajstić information content (AvgIpc) is 3.12. The lowest BCUT2D eigenvalue weighted by Crippen LogP contribution is -2.07. The molecule has 0 saturated heterocycles. The van der Waals surface area contributed by atoms with Crippen molar-refractivity contribution in [3.63, 3.8) is 0 Å². The summed E-state index contributed by atoms with van der Waals surface area (Å²) in [7, 11) is 0. The molecule has 0 atom stereocenters. The highest BCUT2D eigenvalue weighted by Gasteiger charge is 2.14. The normalized spacial score (nSPS) is 9.80. The van der Waals surface area contributed by atoms with Gasteiger partial charge in [0, 0.05) is 11.9 Å². The van der Waals surface area contributed by atoms with Crippen LogP contribution in [-0.2, 0) is 0 Å². The number of carboxylic acids is 2. The number of anilines is 1. The van der Waals surface area contributed by atoms with Crippen LogP contribution in [0.15, 0.2) is 54.7 Å². The molecule has 0 bridgehead atoms. The Kier molecular flexibility index (Phi) is 5.52.